The van der Waals surface area contributed by atoms with Crippen molar-refractivity contribution in [2.45, 2.75) is 6.54 Å². The van der Waals surface area contributed by atoms with Crippen LogP contribution in [0.25, 0.3) is 0 Å². The second-order valence-electron chi connectivity index (χ2n) is 3.90. The van der Waals surface area contributed by atoms with E-state index >= 15 is 0 Å². The van der Waals surface area contributed by atoms with Crippen LogP contribution < -0.4 is 10.3 Å². The summed E-state index contributed by atoms with van der Waals surface area (Å²) in [5.41, 5.74) is 1.09. The number of carbonyl (C=O) groups is 1. The molecule has 1 amide bonds. The van der Waals surface area contributed by atoms with Crippen LogP contribution >= 0.6 is 0 Å². The Labute approximate surface area is 109 Å². The van der Waals surface area contributed by atoms with E-state index in [4.69, 9.17) is 0 Å². The van der Waals surface area contributed by atoms with Crippen molar-refractivity contribution in [1.82, 2.24) is 5.32 Å². The first-order valence-corrected chi connectivity index (χ1v) is 5.64. The smallest absolute Gasteiger partial charge is 0.270 e. The monoisotopic (exact) mass is 258 g/mol. The van der Waals surface area contributed by atoms with Crippen LogP contribution in [0.5, 0.6) is 0 Å². The lowest BCUT2D eigenvalue weighted by Gasteiger charge is -2.03. The number of aromatic amines is 1. The summed E-state index contributed by atoms with van der Waals surface area (Å²) >= 11 is 0. The summed E-state index contributed by atoms with van der Waals surface area (Å²) in [6, 6.07) is 9.33. The first-order valence-electron chi connectivity index (χ1n) is 5.64. The molecule has 0 aliphatic heterocycles. The van der Waals surface area contributed by atoms with Gasteiger partial charge < -0.3 is 5.32 Å². The number of aromatic nitrogens is 1. The lowest BCUT2D eigenvalue weighted by Crippen LogP contribution is -2.23. The first-order chi connectivity index (χ1) is 9.16. The highest BCUT2D eigenvalue weighted by Gasteiger charge is 2.11. The normalized spacial score (nSPS) is 9.89. The van der Waals surface area contributed by atoms with Crippen molar-refractivity contribution in [3.63, 3.8) is 0 Å². The summed E-state index contributed by atoms with van der Waals surface area (Å²) in [5, 5.41) is 13.3. The zero-order chi connectivity index (χ0) is 13.7. The molecule has 0 aliphatic carbocycles. The standard InChI is InChI=1S/C13H11N3O3/c17-13(15-9-10-3-2-6-14-8-10)11-4-1-5-12(7-11)16(18)19/h1-8H,9H2,(H,15,17)/p+1. The Hall–Kier alpha value is -2.76. The Morgan fingerprint density at radius 3 is 2.84 bits per heavy atom. The number of hydrogen-bond acceptors (Lipinski definition) is 3. The van der Waals surface area contributed by atoms with E-state index in [0.29, 0.717) is 6.54 Å². The van der Waals surface area contributed by atoms with Gasteiger partial charge in [-0.2, -0.15) is 0 Å². The van der Waals surface area contributed by atoms with Crippen LogP contribution in [0.3, 0.4) is 0 Å². The van der Waals surface area contributed by atoms with Gasteiger partial charge in [-0.05, 0) is 12.1 Å². The topological polar surface area (TPSA) is 86.4 Å². The number of nitrogens with one attached hydrogen (secondary N) is 2. The minimum atomic E-state index is -0.525. The lowest BCUT2D eigenvalue weighted by molar-refractivity contribution is -0.384. The fourth-order valence-corrected chi connectivity index (χ4v) is 1.59. The SMILES string of the molecule is O=C(NCc1ccc[nH+]c1)c1cccc([N+](=O)[O-])c1. The number of amides is 1. The third kappa shape index (κ3) is 3.35. The lowest BCUT2D eigenvalue weighted by atomic mass is 10.2. The number of carbonyl (C=O) groups excluding carboxylic acids is 1. The number of pyridine rings is 1. The van der Waals surface area contributed by atoms with E-state index in [-0.39, 0.29) is 17.2 Å². The largest absolute Gasteiger partial charge is 0.348 e. The molecule has 2 rings (SSSR count). The van der Waals surface area contributed by atoms with E-state index < -0.39 is 4.92 Å². The molecule has 19 heavy (non-hydrogen) atoms. The Morgan fingerprint density at radius 2 is 2.16 bits per heavy atom. The molecule has 6 nitrogen and oxygen atoms in total. The van der Waals surface area contributed by atoms with Gasteiger partial charge in [-0.15, -0.1) is 0 Å². The van der Waals surface area contributed by atoms with Gasteiger partial charge in [0.25, 0.3) is 11.6 Å². The van der Waals surface area contributed by atoms with E-state index in [1.165, 1.54) is 18.2 Å². The number of rotatable bonds is 4. The van der Waals surface area contributed by atoms with Crippen LogP contribution in [-0.2, 0) is 6.54 Å². The second-order valence-corrected chi connectivity index (χ2v) is 3.90. The number of nitro groups is 1. The zero-order valence-electron chi connectivity index (χ0n) is 10.00. The van der Waals surface area contributed by atoms with Crippen molar-refractivity contribution in [2.75, 3.05) is 0 Å². The van der Waals surface area contributed by atoms with Crippen LogP contribution in [-0.4, -0.2) is 10.8 Å². The molecule has 0 spiro atoms. The van der Waals surface area contributed by atoms with Crippen LogP contribution in [0.15, 0.2) is 48.8 Å². The molecule has 0 bridgehead atoms. The summed E-state index contributed by atoms with van der Waals surface area (Å²) in [6.45, 7) is 0.360. The third-order valence-corrected chi connectivity index (χ3v) is 2.54. The predicted octanol–water partition coefficient (Wildman–Crippen LogP) is 1.34. The molecule has 0 saturated heterocycles. The molecule has 0 saturated carbocycles. The molecular weight excluding hydrogens is 246 g/mol. The molecule has 96 valence electrons. The minimum Gasteiger partial charge on any atom is -0.348 e. The fraction of sp³-hybridized carbons (Fsp3) is 0.0769. The molecule has 0 aliphatic rings. The second kappa shape index (κ2) is 5.72. The number of benzene rings is 1. The molecule has 0 radical (unpaired) electrons. The van der Waals surface area contributed by atoms with Gasteiger partial charge in [0.2, 0.25) is 0 Å². The molecule has 2 N–H and O–H groups in total. The van der Waals surface area contributed by atoms with Gasteiger partial charge in [-0.3, -0.25) is 14.9 Å². The van der Waals surface area contributed by atoms with E-state index in [9.17, 15) is 14.9 Å². The Bertz CT molecular complexity index is 599. The van der Waals surface area contributed by atoms with Gasteiger partial charge in [0, 0.05) is 35.9 Å². The van der Waals surface area contributed by atoms with Gasteiger partial charge in [-0.25, -0.2) is 4.98 Å². The van der Waals surface area contributed by atoms with Crippen molar-refractivity contribution in [3.8, 4) is 0 Å². The third-order valence-electron chi connectivity index (χ3n) is 2.54. The maximum atomic E-state index is 11.8. The number of non-ortho nitro benzene ring substituents is 1. The molecule has 1 heterocycles. The highest BCUT2D eigenvalue weighted by atomic mass is 16.6. The Kier molecular flexibility index (Phi) is 3.82. The molecule has 1 aromatic carbocycles. The molecule has 6 heteroatoms. The van der Waals surface area contributed by atoms with E-state index in [0.717, 1.165) is 5.56 Å². The first kappa shape index (κ1) is 12.7. The fourth-order valence-electron chi connectivity index (χ4n) is 1.59. The summed E-state index contributed by atoms with van der Waals surface area (Å²) in [6.07, 6.45) is 3.54. The van der Waals surface area contributed by atoms with E-state index in [1.807, 2.05) is 12.1 Å². The van der Waals surface area contributed by atoms with Crippen LogP contribution in [0.4, 0.5) is 5.69 Å². The van der Waals surface area contributed by atoms with Crippen molar-refractivity contribution in [3.05, 3.63) is 70.0 Å². The zero-order valence-corrected chi connectivity index (χ0v) is 10.00. The van der Waals surface area contributed by atoms with Crippen LogP contribution in [0.1, 0.15) is 15.9 Å². The molecule has 0 fully saturated rings. The summed E-state index contributed by atoms with van der Waals surface area (Å²) in [7, 11) is 0. The average Bonchev–Trinajstić information content (AvgIpc) is 2.46. The van der Waals surface area contributed by atoms with Gasteiger partial charge in [0.05, 0.1) is 4.92 Å². The van der Waals surface area contributed by atoms with Gasteiger partial charge in [0.1, 0.15) is 0 Å². The molecule has 1 aromatic heterocycles. The van der Waals surface area contributed by atoms with Crippen molar-refractivity contribution in [2.24, 2.45) is 0 Å². The van der Waals surface area contributed by atoms with Crippen LogP contribution in [0, 0.1) is 10.1 Å². The van der Waals surface area contributed by atoms with Gasteiger partial charge in [0.15, 0.2) is 12.4 Å². The van der Waals surface area contributed by atoms with Gasteiger partial charge >= 0.3 is 0 Å². The Balaban J connectivity index is 2.04. The van der Waals surface area contributed by atoms with E-state index in [2.05, 4.69) is 10.3 Å². The van der Waals surface area contributed by atoms with Crippen molar-refractivity contribution < 1.29 is 14.7 Å². The molecular formula is C13H12N3O3+. The van der Waals surface area contributed by atoms with Crippen LogP contribution in [0.2, 0.25) is 0 Å². The predicted molar refractivity (Wildman–Crippen MR) is 67.3 cm³/mol. The number of nitro benzene ring substituents is 1. The molecule has 2 aromatic rings. The maximum absolute atomic E-state index is 11.8. The van der Waals surface area contributed by atoms with E-state index in [1.54, 1.807) is 18.5 Å². The minimum absolute atomic E-state index is 0.0966. The highest BCUT2D eigenvalue weighted by Crippen LogP contribution is 2.12. The van der Waals surface area contributed by atoms with Crippen molar-refractivity contribution >= 4 is 11.6 Å². The molecule has 0 atom stereocenters. The van der Waals surface area contributed by atoms with Crippen molar-refractivity contribution in [1.29, 1.82) is 0 Å². The number of H-pyrrole nitrogens is 1. The van der Waals surface area contributed by atoms with Gasteiger partial charge in [-0.1, -0.05) is 6.07 Å². The summed E-state index contributed by atoms with van der Waals surface area (Å²) in [5.74, 6) is -0.340. The molecule has 0 unspecified atom stereocenters. The Morgan fingerprint density at radius 1 is 1.32 bits per heavy atom. The maximum Gasteiger partial charge on any atom is 0.270 e. The number of hydrogen-bond donors (Lipinski definition) is 1. The summed E-state index contributed by atoms with van der Waals surface area (Å²) < 4.78 is 0. The number of nitrogens with zero attached hydrogens (tertiary/aromatic N) is 1. The quantitative estimate of drug-likeness (QED) is 0.663. The summed E-state index contributed by atoms with van der Waals surface area (Å²) in [4.78, 5) is 24.9. The average molecular weight is 258 g/mol. The highest BCUT2D eigenvalue weighted by molar-refractivity contribution is 5.94.